The molecule has 1 N–H and O–H groups in total. The van der Waals surface area contributed by atoms with Gasteiger partial charge in [-0.15, -0.1) is 0 Å². The SMILES string of the molecule is C[C@]12CC[C@H](OC(=O)COc3ccccc3)CC1=CC[C@@H]1[C@@H]2CC[C@]2(C)/C(=N/O)CC[C@@H]12. The first-order chi connectivity index (χ1) is 15.4. The number of nitrogens with zero attached hydrogens (tertiary/aromatic N) is 1. The van der Waals surface area contributed by atoms with Gasteiger partial charge in [0.25, 0.3) is 0 Å². The highest BCUT2D eigenvalue weighted by molar-refractivity contribution is 5.92. The maximum absolute atomic E-state index is 12.4. The van der Waals surface area contributed by atoms with Crippen LogP contribution in [0.2, 0.25) is 0 Å². The fourth-order valence-electron chi connectivity index (χ4n) is 7.56. The van der Waals surface area contributed by atoms with E-state index in [1.54, 1.807) is 0 Å². The minimum Gasteiger partial charge on any atom is -0.482 e. The number of fused-ring (bicyclic) bond motifs is 5. The second kappa shape index (κ2) is 8.24. The molecule has 0 aliphatic heterocycles. The van der Waals surface area contributed by atoms with Crippen molar-refractivity contribution >= 4 is 11.7 Å². The van der Waals surface area contributed by atoms with E-state index in [2.05, 4.69) is 25.1 Å². The lowest BCUT2D eigenvalue weighted by Crippen LogP contribution is -2.50. The number of allylic oxidation sites excluding steroid dienone is 1. The number of rotatable bonds is 4. The Bertz CT molecular complexity index is 925. The summed E-state index contributed by atoms with van der Waals surface area (Å²) in [5, 5.41) is 13.2. The largest absolute Gasteiger partial charge is 0.482 e. The summed E-state index contributed by atoms with van der Waals surface area (Å²) in [6, 6.07) is 9.39. The van der Waals surface area contributed by atoms with E-state index < -0.39 is 0 Å². The van der Waals surface area contributed by atoms with Crippen molar-refractivity contribution in [1.29, 1.82) is 0 Å². The van der Waals surface area contributed by atoms with Gasteiger partial charge in [-0.1, -0.05) is 48.9 Å². The van der Waals surface area contributed by atoms with Crippen LogP contribution in [0, 0.1) is 28.6 Å². The Balaban J connectivity index is 1.23. The lowest BCUT2D eigenvalue weighted by atomic mass is 9.48. The molecule has 0 aromatic heterocycles. The molecule has 0 heterocycles. The number of ether oxygens (including phenoxy) is 2. The molecule has 0 spiro atoms. The maximum atomic E-state index is 12.4. The molecular formula is C27H35NO4. The molecule has 4 aliphatic rings. The summed E-state index contributed by atoms with van der Waals surface area (Å²) in [6.07, 6.45) is 10.8. The van der Waals surface area contributed by atoms with E-state index in [1.165, 1.54) is 12.0 Å². The van der Waals surface area contributed by atoms with Crippen molar-refractivity contribution in [3.8, 4) is 5.75 Å². The van der Waals surface area contributed by atoms with E-state index in [0.717, 1.165) is 50.7 Å². The van der Waals surface area contributed by atoms with Gasteiger partial charge in [-0.05, 0) is 80.2 Å². The van der Waals surface area contributed by atoms with Crippen LogP contribution in [0.25, 0.3) is 0 Å². The molecule has 5 heteroatoms. The van der Waals surface area contributed by atoms with E-state index in [1.807, 2.05) is 30.3 Å². The Hall–Kier alpha value is -2.30. The monoisotopic (exact) mass is 437 g/mol. The number of carbonyl (C=O) groups is 1. The molecule has 1 aromatic rings. The summed E-state index contributed by atoms with van der Waals surface area (Å²) in [7, 11) is 0. The summed E-state index contributed by atoms with van der Waals surface area (Å²) in [5.41, 5.74) is 2.79. The second-order valence-corrected chi connectivity index (χ2v) is 10.8. The molecule has 5 rings (SSSR count). The second-order valence-electron chi connectivity index (χ2n) is 10.8. The fraction of sp³-hybridized carbons (Fsp3) is 0.630. The summed E-state index contributed by atoms with van der Waals surface area (Å²) in [6.45, 7) is 4.73. The molecule has 172 valence electrons. The number of hydrogen-bond donors (Lipinski definition) is 1. The van der Waals surface area contributed by atoms with Crippen LogP contribution in [0.5, 0.6) is 5.75 Å². The van der Waals surface area contributed by atoms with Crippen molar-refractivity contribution in [2.45, 2.75) is 71.3 Å². The molecule has 4 aliphatic carbocycles. The predicted octanol–water partition coefficient (Wildman–Crippen LogP) is 5.77. The minimum absolute atomic E-state index is 0.0451. The standard InChI is InChI=1S/C27H35NO4/c1-26-14-12-20(32-25(29)17-31-19-6-4-3-5-7-19)16-18(26)8-9-21-22-10-11-24(28-30)27(22,2)15-13-23(21)26/h3-8,20-23,30H,9-17H2,1-2H3/b28-24+/t20-,21-,22-,23-,26-,27-/m0/s1. The topological polar surface area (TPSA) is 68.1 Å². The summed E-state index contributed by atoms with van der Waals surface area (Å²) in [5.74, 6) is 2.36. The van der Waals surface area contributed by atoms with Crippen molar-refractivity contribution in [1.82, 2.24) is 0 Å². The third kappa shape index (κ3) is 3.54. The van der Waals surface area contributed by atoms with Gasteiger partial charge in [-0.2, -0.15) is 0 Å². The van der Waals surface area contributed by atoms with E-state index in [0.29, 0.717) is 23.5 Å². The zero-order valence-corrected chi connectivity index (χ0v) is 19.3. The van der Waals surface area contributed by atoms with E-state index in [4.69, 9.17) is 9.47 Å². The molecule has 3 fully saturated rings. The Morgan fingerprint density at radius 1 is 1.09 bits per heavy atom. The highest BCUT2D eigenvalue weighted by Gasteiger charge is 2.58. The van der Waals surface area contributed by atoms with Crippen LogP contribution in [0.3, 0.4) is 0 Å². The Morgan fingerprint density at radius 2 is 1.84 bits per heavy atom. The zero-order chi connectivity index (χ0) is 22.3. The number of para-hydroxylation sites is 1. The molecule has 0 amide bonds. The van der Waals surface area contributed by atoms with Crippen LogP contribution in [0.15, 0.2) is 47.1 Å². The smallest absolute Gasteiger partial charge is 0.344 e. The van der Waals surface area contributed by atoms with Crippen LogP contribution in [-0.4, -0.2) is 29.6 Å². The van der Waals surface area contributed by atoms with Crippen LogP contribution in [0.1, 0.15) is 65.2 Å². The van der Waals surface area contributed by atoms with E-state index in [9.17, 15) is 10.0 Å². The van der Waals surface area contributed by atoms with Gasteiger partial charge in [0.1, 0.15) is 11.9 Å². The molecule has 0 saturated heterocycles. The molecule has 3 saturated carbocycles. The fourth-order valence-corrected chi connectivity index (χ4v) is 7.56. The third-order valence-electron chi connectivity index (χ3n) is 9.32. The van der Waals surface area contributed by atoms with Crippen molar-refractivity contribution in [2.24, 2.45) is 33.7 Å². The number of oxime groups is 1. The normalized spacial score (nSPS) is 39.4. The summed E-state index contributed by atoms with van der Waals surface area (Å²) in [4.78, 5) is 12.4. The summed E-state index contributed by atoms with van der Waals surface area (Å²) >= 11 is 0. The quantitative estimate of drug-likeness (QED) is 0.281. The third-order valence-corrected chi connectivity index (χ3v) is 9.32. The van der Waals surface area contributed by atoms with Crippen LogP contribution >= 0.6 is 0 Å². The van der Waals surface area contributed by atoms with Gasteiger partial charge in [0.15, 0.2) is 6.61 Å². The molecule has 0 bridgehead atoms. The number of hydrogen-bond acceptors (Lipinski definition) is 5. The van der Waals surface area contributed by atoms with Crippen molar-refractivity contribution < 1.29 is 19.5 Å². The Morgan fingerprint density at radius 3 is 2.62 bits per heavy atom. The van der Waals surface area contributed by atoms with Gasteiger partial charge in [0.2, 0.25) is 0 Å². The number of carbonyl (C=O) groups excluding carboxylic acids is 1. The maximum Gasteiger partial charge on any atom is 0.344 e. The van der Waals surface area contributed by atoms with Gasteiger partial charge in [-0.25, -0.2) is 4.79 Å². The molecule has 0 unspecified atom stereocenters. The zero-order valence-electron chi connectivity index (χ0n) is 19.3. The number of benzene rings is 1. The lowest BCUT2D eigenvalue weighted by Gasteiger charge is -2.57. The summed E-state index contributed by atoms with van der Waals surface area (Å²) < 4.78 is 11.4. The van der Waals surface area contributed by atoms with Crippen molar-refractivity contribution in [3.05, 3.63) is 42.0 Å². The van der Waals surface area contributed by atoms with E-state index >= 15 is 0 Å². The highest BCUT2D eigenvalue weighted by atomic mass is 16.6. The molecule has 0 radical (unpaired) electrons. The van der Waals surface area contributed by atoms with E-state index in [-0.39, 0.29) is 29.5 Å². The first-order valence-corrected chi connectivity index (χ1v) is 12.2. The molecular weight excluding hydrogens is 402 g/mol. The van der Waals surface area contributed by atoms with Gasteiger partial charge in [0.05, 0.1) is 5.71 Å². The van der Waals surface area contributed by atoms with Crippen molar-refractivity contribution in [3.63, 3.8) is 0 Å². The average Bonchev–Trinajstić information content (AvgIpc) is 3.15. The Labute approximate surface area is 190 Å². The molecule has 6 atom stereocenters. The van der Waals surface area contributed by atoms with Crippen LogP contribution in [-0.2, 0) is 9.53 Å². The van der Waals surface area contributed by atoms with Gasteiger partial charge >= 0.3 is 5.97 Å². The first kappa shape index (κ1) is 21.5. The minimum atomic E-state index is -0.285. The molecule has 1 aromatic carbocycles. The van der Waals surface area contributed by atoms with Crippen LogP contribution < -0.4 is 4.74 Å². The predicted molar refractivity (Wildman–Crippen MR) is 123 cm³/mol. The molecule has 32 heavy (non-hydrogen) atoms. The van der Waals surface area contributed by atoms with Gasteiger partial charge in [0, 0.05) is 11.8 Å². The lowest BCUT2D eigenvalue weighted by molar-refractivity contribution is -0.153. The van der Waals surface area contributed by atoms with Gasteiger partial charge in [-0.3, -0.25) is 0 Å². The average molecular weight is 438 g/mol. The van der Waals surface area contributed by atoms with Crippen LogP contribution in [0.4, 0.5) is 0 Å². The Kier molecular flexibility index (Phi) is 5.55. The first-order valence-electron chi connectivity index (χ1n) is 12.2. The highest BCUT2D eigenvalue weighted by Crippen LogP contribution is 2.64. The van der Waals surface area contributed by atoms with Crippen molar-refractivity contribution in [2.75, 3.05) is 6.61 Å². The van der Waals surface area contributed by atoms with Gasteiger partial charge < -0.3 is 14.7 Å². The molecule has 5 nitrogen and oxygen atoms in total. The number of esters is 1.